The monoisotopic (exact) mass is 1080 g/mol. The van der Waals surface area contributed by atoms with Crippen molar-refractivity contribution in [2.45, 2.75) is 182 Å². The summed E-state index contributed by atoms with van der Waals surface area (Å²) in [7, 11) is 0. The summed E-state index contributed by atoms with van der Waals surface area (Å²) >= 11 is 0. The van der Waals surface area contributed by atoms with E-state index in [2.05, 4.69) is 47.5 Å². The van der Waals surface area contributed by atoms with Crippen LogP contribution >= 0.6 is 0 Å². The van der Waals surface area contributed by atoms with Gasteiger partial charge in [0, 0.05) is 6.54 Å². The highest BCUT2D eigenvalue weighted by molar-refractivity contribution is 5.97. The molecule has 16 N–H and O–H groups in total. The number of amides is 8. The van der Waals surface area contributed by atoms with Crippen LogP contribution in [0.25, 0.3) is 0 Å². The third-order valence-electron chi connectivity index (χ3n) is 11.3. The maximum absolute atomic E-state index is 14.2. The number of hydrogen-bond donors (Lipinski definition) is 14. The minimum atomic E-state index is -1.73. The molecule has 0 spiro atoms. The van der Waals surface area contributed by atoms with Gasteiger partial charge in [0.2, 0.25) is 41.4 Å². The van der Waals surface area contributed by atoms with Crippen LogP contribution in [0.3, 0.4) is 0 Å². The van der Waals surface area contributed by atoms with Crippen molar-refractivity contribution in [3.05, 3.63) is 35.9 Å². The van der Waals surface area contributed by atoms with Gasteiger partial charge in [-0.3, -0.25) is 38.6 Å². The fourth-order valence-electron chi connectivity index (χ4n) is 6.92. The average Bonchev–Trinajstić information content (AvgIpc) is 3.32. The van der Waals surface area contributed by atoms with Crippen molar-refractivity contribution in [1.82, 2.24) is 42.5 Å². The van der Waals surface area contributed by atoms with Crippen molar-refractivity contribution in [2.75, 3.05) is 19.7 Å². The molecule has 8 amide bonds. The molecule has 0 saturated heterocycles. The Morgan fingerprint density at radius 3 is 1.68 bits per heavy atom. The molecule has 11 atom stereocenters. The molecule has 0 saturated carbocycles. The number of nitrogens with two attached hydrogens (primary N) is 2. The first-order chi connectivity index (χ1) is 34.9. The van der Waals surface area contributed by atoms with Crippen LogP contribution < -0.4 is 54.0 Å². The predicted molar refractivity (Wildman–Crippen MR) is 281 cm³/mol. The molecule has 0 fully saturated rings. The van der Waals surface area contributed by atoms with Gasteiger partial charge in [-0.2, -0.15) is 0 Å². The van der Waals surface area contributed by atoms with Gasteiger partial charge in [-0.05, 0) is 77.2 Å². The summed E-state index contributed by atoms with van der Waals surface area (Å²) in [5, 5.41) is 61.1. The number of nitrogens with zero attached hydrogens (tertiary/aromatic N) is 1. The lowest BCUT2D eigenvalue weighted by molar-refractivity contribution is -0.151. The van der Waals surface area contributed by atoms with Crippen LogP contribution in [0.15, 0.2) is 35.3 Å². The number of benzene rings is 1. The number of ether oxygens (including phenoxy) is 2. The lowest BCUT2D eigenvalue weighted by atomic mass is 9.96. The van der Waals surface area contributed by atoms with Gasteiger partial charge in [0.05, 0.1) is 31.5 Å². The quantitative estimate of drug-likeness (QED) is 0.0169. The Morgan fingerprint density at radius 1 is 0.658 bits per heavy atom. The van der Waals surface area contributed by atoms with E-state index in [1.807, 2.05) is 0 Å². The summed E-state index contributed by atoms with van der Waals surface area (Å²) in [5.41, 5.74) is 10.7. The number of aliphatic hydroxyl groups is 4. The van der Waals surface area contributed by atoms with Crippen molar-refractivity contribution in [3.8, 4) is 0 Å². The summed E-state index contributed by atoms with van der Waals surface area (Å²) < 4.78 is 10.5. The Hall–Kier alpha value is -6.64. The van der Waals surface area contributed by atoms with Gasteiger partial charge in [-0.1, -0.05) is 85.7 Å². The summed E-state index contributed by atoms with van der Waals surface area (Å²) in [5.74, 6) is -9.35. The molecule has 1 aromatic rings. The molecule has 0 radical (unpaired) electrons. The Morgan fingerprint density at radius 2 is 1.17 bits per heavy atom. The van der Waals surface area contributed by atoms with Crippen LogP contribution in [0.4, 0.5) is 4.79 Å². The number of aliphatic hydroxyl groups excluding tert-OH is 4. The van der Waals surface area contributed by atoms with Gasteiger partial charge in [-0.15, -0.1) is 0 Å². The van der Waals surface area contributed by atoms with Gasteiger partial charge in [0.25, 0.3) is 0 Å². The molecular weight excluding hydrogens is 995 g/mol. The van der Waals surface area contributed by atoms with E-state index in [0.29, 0.717) is 12.0 Å². The zero-order valence-electron chi connectivity index (χ0n) is 44.9. The third kappa shape index (κ3) is 25.7. The highest BCUT2D eigenvalue weighted by Crippen LogP contribution is 2.15. The number of hydrogen-bond acceptors (Lipinski definition) is 16. The molecule has 0 aliphatic rings. The number of guanidine groups is 1. The second-order valence-electron chi connectivity index (χ2n) is 20.0. The summed E-state index contributed by atoms with van der Waals surface area (Å²) in [6.45, 7) is 15.4. The van der Waals surface area contributed by atoms with Crippen molar-refractivity contribution in [2.24, 2.45) is 34.2 Å². The number of nitrogens with one attached hydrogen (secondary N) is 8. The topological polar surface area (TPSA) is 414 Å². The number of carbonyl (C=O) groups excluding carboxylic acids is 9. The SMILES string of the molecule is C.CC[C@H](C)[C@H](NC(=O)[C@@H](CCCN=C(N)N)NC(=O)[C@H](CC(C)C)NC(=O)[C@@H](NC(=O)OC(C)(C)C)[C@H](O)C(C)C)C(=O)N[C@H](C(=O)NCC(=O)N[C@H](C(=O)N[C@@H](CO)C(=O)OCc1ccccc1)[C@@H](C)O)[C@H](C)O. The van der Waals surface area contributed by atoms with Gasteiger partial charge < -0.3 is 83.9 Å². The fraction of sp³-hybridized carbons (Fsp3) is 0.680. The van der Waals surface area contributed by atoms with E-state index in [0.717, 1.165) is 6.92 Å². The van der Waals surface area contributed by atoms with Crippen molar-refractivity contribution < 1.29 is 73.1 Å². The fourth-order valence-corrected chi connectivity index (χ4v) is 6.92. The zero-order chi connectivity index (χ0) is 57.3. The number of esters is 1. The lowest BCUT2D eigenvalue weighted by Crippen LogP contribution is -2.62. The maximum atomic E-state index is 14.2. The molecule has 0 aliphatic heterocycles. The van der Waals surface area contributed by atoms with Crippen LogP contribution in [0.5, 0.6) is 0 Å². The normalized spacial score (nSPS) is 15.6. The highest BCUT2D eigenvalue weighted by Gasteiger charge is 2.38. The van der Waals surface area contributed by atoms with E-state index in [9.17, 15) is 63.6 Å². The second-order valence-corrected chi connectivity index (χ2v) is 20.0. The van der Waals surface area contributed by atoms with E-state index in [-0.39, 0.29) is 51.7 Å². The molecule has 0 heterocycles. The standard InChI is InChI=1S/C49H83N11O15.CH4/c1-12-27(6)35(43(69)59-36(28(7)62)42(68)53-22-34(64)57-37(29(8)63)44(70)56-33(23-61)46(72)74-24-30-17-14-13-15-18-30)58-40(66)31(19-16-20-52-47(50)51)54-41(67)32(21-25(2)3)55-45(71)38(39(65)26(4)5)60-48(73)75-49(9,10)11;/h13-15,17-18,25-29,31-33,35-39,61-63,65H,12,16,19-24H2,1-11H3,(H,53,68)(H,54,67)(H,55,71)(H,56,70)(H,57,64)(H,58,66)(H,59,69)(H,60,73)(H4,50,51,52);1H4/t27-,28-,29+,31+,32-,33-,35-,36-,37-,38-,39+;/m0./s1. The van der Waals surface area contributed by atoms with Gasteiger partial charge >= 0.3 is 12.1 Å². The highest BCUT2D eigenvalue weighted by atomic mass is 16.6. The number of carbonyl (C=O) groups is 9. The average molecular weight is 1080 g/mol. The Bertz CT molecular complexity index is 2060. The van der Waals surface area contributed by atoms with E-state index >= 15 is 0 Å². The van der Waals surface area contributed by atoms with E-state index in [1.54, 1.807) is 92.6 Å². The first-order valence-electron chi connectivity index (χ1n) is 24.9. The molecule has 1 rings (SSSR count). The molecule has 0 unspecified atom stereocenters. The van der Waals surface area contributed by atoms with E-state index < -0.39 is 145 Å². The summed E-state index contributed by atoms with van der Waals surface area (Å²) in [4.78, 5) is 125. The van der Waals surface area contributed by atoms with Gasteiger partial charge in [-0.25, -0.2) is 9.59 Å². The smallest absolute Gasteiger partial charge is 0.408 e. The molecular formula is C50H87N11O15. The van der Waals surface area contributed by atoms with Crippen LogP contribution in [-0.4, -0.2) is 166 Å². The van der Waals surface area contributed by atoms with Crippen molar-refractivity contribution >= 4 is 59.4 Å². The van der Waals surface area contributed by atoms with Gasteiger partial charge in [0.15, 0.2) is 12.0 Å². The van der Waals surface area contributed by atoms with E-state index in [1.165, 1.54) is 6.92 Å². The summed E-state index contributed by atoms with van der Waals surface area (Å²) in [6.07, 6.45) is -5.17. The largest absolute Gasteiger partial charge is 0.459 e. The molecule has 432 valence electrons. The third-order valence-corrected chi connectivity index (χ3v) is 11.3. The molecule has 0 aliphatic carbocycles. The Labute approximate surface area is 445 Å². The van der Waals surface area contributed by atoms with Crippen LogP contribution in [0.1, 0.15) is 115 Å². The predicted octanol–water partition coefficient (Wildman–Crippen LogP) is -1.80. The molecule has 0 bridgehead atoms. The zero-order valence-corrected chi connectivity index (χ0v) is 44.9. The molecule has 0 aromatic heterocycles. The first kappa shape index (κ1) is 69.4. The van der Waals surface area contributed by atoms with Crippen LogP contribution in [0.2, 0.25) is 0 Å². The maximum Gasteiger partial charge on any atom is 0.408 e. The lowest BCUT2D eigenvalue weighted by Gasteiger charge is -2.31. The van der Waals surface area contributed by atoms with Gasteiger partial charge in [0.1, 0.15) is 48.5 Å². The van der Waals surface area contributed by atoms with Crippen LogP contribution in [-0.2, 0) is 54.4 Å². The minimum Gasteiger partial charge on any atom is -0.459 e. The molecule has 76 heavy (non-hydrogen) atoms. The van der Waals surface area contributed by atoms with Crippen LogP contribution in [0, 0.1) is 17.8 Å². The second kappa shape index (κ2) is 34.1. The van der Waals surface area contributed by atoms with E-state index in [4.69, 9.17) is 20.9 Å². The molecule has 26 nitrogen and oxygen atoms in total. The molecule has 26 heteroatoms. The number of alkyl carbamates (subject to hydrolysis) is 1. The van der Waals surface area contributed by atoms with Crippen molar-refractivity contribution in [3.63, 3.8) is 0 Å². The Kier molecular flexibility index (Phi) is 31.1. The minimum absolute atomic E-state index is 0. The van der Waals surface area contributed by atoms with Crippen molar-refractivity contribution in [1.29, 1.82) is 0 Å². The molecule has 1 aromatic carbocycles. The number of rotatable bonds is 31. The first-order valence-corrected chi connectivity index (χ1v) is 24.9. The Balaban J connectivity index is 0.0000562. The number of aliphatic imine (C=N–C) groups is 1. The summed E-state index contributed by atoms with van der Waals surface area (Å²) in [6, 6.07) is -2.08.